The molecule has 0 bridgehead atoms. The Morgan fingerprint density at radius 2 is 1.79 bits per heavy atom. The number of rotatable bonds is 3. The monoisotopic (exact) mass is 374 g/mol. The Morgan fingerprint density at radius 3 is 2.61 bits per heavy atom. The van der Waals surface area contributed by atoms with E-state index in [0.29, 0.717) is 42.2 Å². The molecule has 140 valence electrons. The molecule has 1 fully saturated rings. The summed E-state index contributed by atoms with van der Waals surface area (Å²) in [7, 11) is 0. The standard InChI is InChI=1S/C19H18N8O/c1-13-16(15-7-8-20-18(21-15)26-9-11-28-12-10-26)23-24-19-22-17(25-27(13)19)14-5-3-2-4-6-14/h2-8H,9-12H2,1H3. The Morgan fingerprint density at radius 1 is 0.964 bits per heavy atom. The lowest BCUT2D eigenvalue weighted by atomic mass is 10.2. The summed E-state index contributed by atoms with van der Waals surface area (Å²) in [6, 6.07) is 11.7. The van der Waals surface area contributed by atoms with E-state index >= 15 is 0 Å². The van der Waals surface area contributed by atoms with E-state index in [1.165, 1.54) is 0 Å². The van der Waals surface area contributed by atoms with Crippen LogP contribution in [0, 0.1) is 6.92 Å². The van der Waals surface area contributed by atoms with Crippen molar-refractivity contribution in [3.05, 3.63) is 48.3 Å². The first-order valence-corrected chi connectivity index (χ1v) is 9.11. The van der Waals surface area contributed by atoms with Gasteiger partial charge in [0.15, 0.2) is 5.82 Å². The molecule has 4 heterocycles. The summed E-state index contributed by atoms with van der Waals surface area (Å²) in [5.74, 6) is 1.75. The molecule has 0 spiro atoms. The van der Waals surface area contributed by atoms with Crippen LogP contribution in [0.3, 0.4) is 0 Å². The molecule has 28 heavy (non-hydrogen) atoms. The van der Waals surface area contributed by atoms with Crippen LogP contribution in [0.5, 0.6) is 0 Å². The average molecular weight is 374 g/mol. The minimum Gasteiger partial charge on any atom is -0.378 e. The first kappa shape index (κ1) is 16.7. The Balaban J connectivity index is 1.55. The topological polar surface area (TPSA) is 94.2 Å². The van der Waals surface area contributed by atoms with Gasteiger partial charge in [-0.3, -0.25) is 0 Å². The number of fused-ring (bicyclic) bond motifs is 1. The molecular formula is C19H18N8O. The second-order valence-corrected chi connectivity index (χ2v) is 6.49. The normalized spacial score (nSPS) is 14.5. The summed E-state index contributed by atoms with van der Waals surface area (Å²) in [5.41, 5.74) is 3.13. The quantitative estimate of drug-likeness (QED) is 0.536. The smallest absolute Gasteiger partial charge is 0.272 e. The summed E-state index contributed by atoms with van der Waals surface area (Å²) in [6.45, 7) is 4.85. The molecule has 0 amide bonds. The van der Waals surface area contributed by atoms with Crippen LogP contribution in [-0.2, 0) is 4.74 Å². The zero-order valence-electron chi connectivity index (χ0n) is 15.4. The molecule has 0 atom stereocenters. The maximum absolute atomic E-state index is 5.40. The molecule has 0 radical (unpaired) electrons. The van der Waals surface area contributed by atoms with Gasteiger partial charge in [-0.2, -0.15) is 9.50 Å². The zero-order valence-corrected chi connectivity index (χ0v) is 15.4. The number of hydrogen-bond donors (Lipinski definition) is 0. The number of aryl methyl sites for hydroxylation is 1. The van der Waals surface area contributed by atoms with Gasteiger partial charge < -0.3 is 9.64 Å². The van der Waals surface area contributed by atoms with Crippen LogP contribution in [0.25, 0.3) is 28.6 Å². The van der Waals surface area contributed by atoms with Gasteiger partial charge in [0.25, 0.3) is 5.78 Å². The number of benzene rings is 1. The van der Waals surface area contributed by atoms with E-state index in [9.17, 15) is 0 Å². The van der Waals surface area contributed by atoms with Crippen molar-refractivity contribution in [1.82, 2.24) is 34.8 Å². The highest BCUT2D eigenvalue weighted by Gasteiger charge is 2.18. The van der Waals surface area contributed by atoms with Gasteiger partial charge in [0.2, 0.25) is 5.95 Å². The van der Waals surface area contributed by atoms with Crippen LogP contribution in [0.1, 0.15) is 5.69 Å². The molecule has 9 nitrogen and oxygen atoms in total. The van der Waals surface area contributed by atoms with Crippen LogP contribution in [-0.4, -0.2) is 61.1 Å². The van der Waals surface area contributed by atoms with E-state index in [1.807, 2.05) is 43.3 Å². The fraction of sp³-hybridized carbons (Fsp3) is 0.263. The van der Waals surface area contributed by atoms with Gasteiger partial charge in [0, 0.05) is 24.8 Å². The van der Waals surface area contributed by atoms with Crippen LogP contribution in [0.4, 0.5) is 5.95 Å². The number of hydrogen-bond acceptors (Lipinski definition) is 8. The summed E-state index contributed by atoms with van der Waals surface area (Å²) < 4.78 is 7.11. The van der Waals surface area contributed by atoms with Gasteiger partial charge in [-0.1, -0.05) is 30.3 Å². The first-order chi connectivity index (χ1) is 13.8. The van der Waals surface area contributed by atoms with E-state index < -0.39 is 0 Å². The Bertz CT molecular complexity index is 1120. The molecule has 1 aromatic carbocycles. The SMILES string of the molecule is Cc1c(-c2ccnc(N3CCOCC3)n2)nnc2nc(-c3ccccc3)nn12. The molecule has 0 N–H and O–H groups in total. The summed E-state index contributed by atoms with van der Waals surface area (Å²) in [5, 5.41) is 13.2. The second kappa shape index (κ2) is 6.93. The molecule has 1 saturated heterocycles. The third kappa shape index (κ3) is 2.95. The maximum Gasteiger partial charge on any atom is 0.272 e. The van der Waals surface area contributed by atoms with Gasteiger partial charge >= 0.3 is 0 Å². The lowest BCUT2D eigenvalue weighted by molar-refractivity contribution is 0.122. The highest BCUT2D eigenvalue weighted by Crippen LogP contribution is 2.22. The minimum absolute atomic E-state index is 0.461. The van der Waals surface area contributed by atoms with Crippen LogP contribution >= 0.6 is 0 Å². The van der Waals surface area contributed by atoms with Crippen molar-refractivity contribution >= 4 is 11.7 Å². The number of aromatic nitrogens is 7. The molecule has 1 aliphatic rings. The molecule has 9 heteroatoms. The van der Waals surface area contributed by atoms with Gasteiger partial charge in [-0.15, -0.1) is 15.3 Å². The maximum atomic E-state index is 5.40. The van der Waals surface area contributed by atoms with E-state index in [4.69, 9.17) is 9.72 Å². The number of morpholine rings is 1. The fourth-order valence-corrected chi connectivity index (χ4v) is 3.20. The average Bonchev–Trinajstić information content (AvgIpc) is 3.21. The molecular weight excluding hydrogens is 356 g/mol. The lowest BCUT2D eigenvalue weighted by Gasteiger charge is -2.26. The van der Waals surface area contributed by atoms with Crippen molar-refractivity contribution in [2.45, 2.75) is 6.92 Å². The molecule has 0 saturated carbocycles. The van der Waals surface area contributed by atoms with Gasteiger partial charge in [0.1, 0.15) is 5.69 Å². The summed E-state index contributed by atoms with van der Waals surface area (Å²) >= 11 is 0. The van der Waals surface area contributed by atoms with Gasteiger partial charge in [-0.05, 0) is 13.0 Å². The van der Waals surface area contributed by atoms with Crippen molar-refractivity contribution < 1.29 is 4.74 Å². The van der Waals surface area contributed by atoms with Crippen molar-refractivity contribution in [2.75, 3.05) is 31.2 Å². The molecule has 1 aliphatic heterocycles. The predicted octanol–water partition coefficient (Wildman–Crippen LogP) is 1.79. The lowest BCUT2D eigenvalue weighted by Crippen LogP contribution is -2.37. The molecule has 0 aliphatic carbocycles. The Labute approximate surface area is 161 Å². The Kier molecular flexibility index (Phi) is 4.13. The highest BCUT2D eigenvalue weighted by molar-refractivity contribution is 5.61. The number of anilines is 1. The molecule has 0 unspecified atom stereocenters. The minimum atomic E-state index is 0.461. The molecule has 3 aromatic heterocycles. The number of ether oxygens (including phenoxy) is 1. The van der Waals surface area contributed by atoms with Crippen LogP contribution in [0.15, 0.2) is 42.6 Å². The van der Waals surface area contributed by atoms with Crippen molar-refractivity contribution in [1.29, 1.82) is 0 Å². The van der Waals surface area contributed by atoms with Crippen LogP contribution < -0.4 is 4.90 Å². The van der Waals surface area contributed by atoms with Crippen LogP contribution in [0.2, 0.25) is 0 Å². The molecule has 5 rings (SSSR count). The van der Waals surface area contributed by atoms with Gasteiger partial charge in [-0.25, -0.2) is 9.97 Å². The second-order valence-electron chi connectivity index (χ2n) is 6.49. The zero-order chi connectivity index (χ0) is 18.9. The van der Waals surface area contributed by atoms with Crippen molar-refractivity contribution in [3.8, 4) is 22.8 Å². The Hall–Kier alpha value is -3.46. The summed E-state index contributed by atoms with van der Waals surface area (Å²) in [6.07, 6.45) is 1.75. The first-order valence-electron chi connectivity index (χ1n) is 9.11. The third-order valence-corrected chi connectivity index (χ3v) is 4.70. The van der Waals surface area contributed by atoms with Crippen molar-refractivity contribution in [3.63, 3.8) is 0 Å². The predicted molar refractivity (Wildman–Crippen MR) is 103 cm³/mol. The van der Waals surface area contributed by atoms with E-state index in [2.05, 4.69) is 30.2 Å². The van der Waals surface area contributed by atoms with Crippen molar-refractivity contribution in [2.24, 2.45) is 0 Å². The summed E-state index contributed by atoms with van der Waals surface area (Å²) in [4.78, 5) is 15.7. The molecule has 4 aromatic rings. The van der Waals surface area contributed by atoms with E-state index in [-0.39, 0.29) is 0 Å². The third-order valence-electron chi connectivity index (χ3n) is 4.70. The highest BCUT2D eigenvalue weighted by atomic mass is 16.5. The number of nitrogens with zero attached hydrogens (tertiary/aromatic N) is 8. The fourth-order valence-electron chi connectivity index (χ4n) is 3.20. The van der Waals surface area contributed by atoms with E-state index in [1.54, 1.807) is 10.7 Å². The largest absolute Gasteiger partial charge is 0.378 e. The van der Waals surface area contributed by atoms with E-state index in [0.717, 1.165) is 24.3 Å². The van der Waals surface area contributed by atoms with Gasteiger partial charge in [0.05, 0.1) is 24.6 Å².